The van der Waals surface area contributed by atoms with Gasteiger partial charge in [-0.3, -0.25) is 4.79 Å². The highest BCUT2D eigenvalue weighted by atomic mass is 16.2. The lowest BCUT2D eigenvalue weighted by Gasteiger charge is -2.13. The Bertz CT molecular complexity index is 382. The van der Waals surface area contributed by atoms with E-state index in [1.165, 1.54) is 11.1 Å². The molecule has 1 aliphatic carbocycles. The van der Waals surface area contributed by atoms with Gasteiger partial charge in [0, 0.05) is 12.6 Å². The van der Waals surface area contributed by atoms with Crippen LogP contribution >= 0.6 is 0 Å². The third-order valence-electron chi connectivity index (χ3n) is 3.05. The van der Waals surface area contributed by atoms with E-state index < -0.39 is 0 Å². The van der Waals surface area contributed by atoms with Crippen LogP contribution in [-0.4, -0.2) is 18.0 Å². The number of benzene rings is 1. The summed E-state index contributed by atoms with van der Waals surface area (Å²) in [5, 5.41) is 6.24. The van der Waals surface area contributed by atoms with Crippen molar-refractivity contribution in [2.24, 2.45) is 0 Å². The fourth-order valence-corrected chi connectivity index (χ4v) is 1.62. The van der Waals surface area contributed by atoms with Crippen molar-refractivity contribution >= 4 is 5.91 Å². The molecule has 3 heteroatoms. The molecular formula is C14H20N2O. The van der Waals surface area contributed by atoms with Gasteiger partial charge in [-0.25, -0.2) is 0 Å². The maximum atomic E-state index is 11.7. The summed E-state index contributed by atoms with van der Waals surface area (Å²) in [4.78, 5) is 11.7. The quantitative estimate of drug-likeness (QED) is 0.812. The average Bonchev–Trinajstić information content (AvgIpc) is 3.11. The zero-order valence-electron chi connectivity index (χ0n) is 10.5. The number of hydrogen-bond acceptors (Lipinski definition) is 2. The van der Waals surface area contributed by atoms with Crippen molar-refractivity contribution in [3.8, 4) is 0 Å². The summed E-state index contributed by atoms with van der Waals surface area (Å²) in [5.74, 6) is 0.111. The SMILES string of the molecule is Cc1ccc(CNC(C)C(=O)NC2CC2)cc1. The number of carbonyl (C=O) groups excluding carboxylic acids is 1. The zero-order valence-corrected chi connectivity index (χ0v) is 10.5. The number of carbonyl (C=O) groups is 1. The first kappa shape index (κ1) is 12.1. The second-order valence-electron chi connectivity index (χ2n) is 4.87. The summed E-state index contributed by atoms with van der Waals surface area (Å²) in [6.07, 6.45) is 2.27. The Labute approximate surface area is 103 Å². The topological polar surface area (TPSA) is 41.1 Å². The lowest BCUT2D eigenvalue weighted by molar-refractivity contribution is -0.122. The molecule has 1 amide bonds. The van der Waals surface area contributed by atoms with Crippen molar-refractivity contribution in [2.75, 3.05) is 0 Å². The smallest absolute Gasteiger partial charge is 0.237 e. The predicted molar refractivity (Wildman–Crippen MR) is 68.6 cm³/mol. The maximum absolute atomic E-state index is 11.7. The number of hydrogen-bond donors (Lipinski definition) is 2. The third-order valence-corrected chi connectivity index (χ3v) is 3.05. The molecule has 2 rings (SSSR count). The van der Waals surface area contributed by atoms with Gasteiger partial charge in [0.25, 0.3) is 0 Å². The average molecular weight is 232 g/mol. The van der Waals surface area contributed by atoms with Crippen LogP contribution in [-0.2, 0) is 11.3 Å². The van der Waals surface area contributed by atoms with Crippen LogP contribution in [0.4, 0.5) is 0 Å². The molecule has 0 radical (unpaired) electrons. The summed E-state index contributed by atoms with van der Waals surface area (Å²) in [6, 6.07) is 8.67. The fraction of sp³-hybridized carbons (Fsp3) is 0.500. The maximum Gasteiger partial charge on any atom is 0.237 e. The third kappa shape index (κ3) is 3.86. The molecule has 1 saturated carbocycles. The van der Waals surface area contributed by atoms with Crippen LogP contribution in [0.25, 0.3) is 0 Å². The second-order valence-corrected chi connectivity index (χ2v) is 4.87. The highest BCUT2D eigenvalue weighted by molar-refractivity contribution is 5.81. The standard InChI is InChI=1S/C14H20N2O/c1-10-3-5-12(6-4-10)9-15-11(2)14(17)16-13-7-8-13/h3-6,11,13,15H,7-9H2,1-2H3,(H,16,17). The van der Waals surface area contributed by atoms with Crippen molar-refractivity contribution in [1.29, 1.82) is 0 Å². The van der Waals surface area contributed by atoms with E-state index in [1.807, 2.05) is 6.92 Å². The molecule has 1 aliphatic rings. The Kier molecular flexibility index (Phi) is 3.79. The molecule has 3 nitrogen and oxygen atoms in total. The number of rotatable bonds is 5. The molecule has 1 aromatic carbocycles. The van der Waals surface area contributed by atoms with Gasteiger partial charge >= 0.3 is 0 Å². The highest BCUT2D eigenvalue weighted by Gasteiger charge is 2.25. The van der Waals surface area contributed by atoms with Crippen molar-refractivity contribution < 1.29 is 4.79 Å². The molecule has 1 aromatic rings. The van der Waals surface area contributed by atoms with E-state index in [4.69, 9.17) is 0 Å². The zero-order chi connectivity index (χ0) is 12.3. The first-order valence-corrected chi connectivity index (χ1v) is 6.24. The summed E-state index contributed by atoms with van der Waals surface area (Å²) in [5.41, 5.74) is 2.47. The van der Waals surface area contributed by atoms with Gasteiger partial charge in [0.2, 0.25) is 5.91 Å². The molecule has 92 valence electrons. The molecule has 0 aromatic heterocycles. The monoisotopic (exact) mass is 232 g/mol. The van der Waals surface area contributed by atoms with Gasteiger partial charge in [-0.1, -0.05) is 29.8 Å². The fourth-order valence-electron chi connectivity index (χ4n) is 1.62. The van der Waals surface area contributed by atoms with Crippen molar-refractivity contribution in [1.82, 2.24) is 10.6 Å². The van der Waals surface area contributed by atoms with Crippen LogP contribution in [0.2, 0.25) is 0 Å². The van der Waals surface area contributed by atoms with E-state index in [2.05, 4.69) is 41.8 Å². The van der Waals surface area contributed by atoms with Crippen LogP contribution in [0, 0.1) is 6.92 Å². The van der Waals surface area contributed by atoms with E-state index in [9.17, 15) is 4.79 Å². The van der Waals surface area contributed by atoms with Gasteiger partial charge < -0.3 is 10.6 Å². The minimum absolute atomic E-state index is 0.111. The largest absolute Gasteiger partial charge is 0.352 e. The molecule has 0 aliphatic heterocycles. The van der Waals surface area contributed by atoms with Crippen LogP contribution < -0.4 is 10.6 Å². The van der Waals surface area contributed by atoms with Crippen LogP contribution in [0.3, 0.4) is 0 Å². The lowest BCUT2D eigenvalue weighted by atomic mass is 10.1. The summed E-state index contributed by atoms with van der Waals surface area (Å²) >= 11 is 0. The van der Waals surface area contributed by atoms with Gasteiger partial charge in [0.15, 0.2) is 0 Å². The molecule has 1 unspecified atom stereocenters. The van der Waals surface area contributed by atoms with Crippen LogP contribution in [0.5, 0.6) is 0 Å². The van der Waals surface area contributed by atoms with E-state index in [0.29, 0.717) is 6.04 Å². The van der Waals surface area contributed by atoms with E-state index >= 15 is 0 Å². The van der Waals surface area contributed by atoms with Crippen molar-refractivity contribution in [2.45, 2.75) is 45.3 Å². The Balaban J connectivity index is 1.76. The van der Waals surface area contributed by atoms with Crippen molar-refractivity contribution in [3.63, 3.8) is 0 Å². The molecule has 0 spiro atoms. The Hall–Kier alpha value is -1.35. The van der Waals surface area contributed by atoms with Gasteiger partial charge in [-0.15, -0.1) is 0 Å². The number of aryl methyl sites for hydroxylation is 1. The highest BCUT2D eigenvalue weighted by Crippen LogP contribution is 2.18. The van der Waals surface area contributed by atoms with Gasteiger partial charge in [-0.2, -0.15) is 0 Å². The number of amides is 1. The molecule has 2 N–H and O–H groups in total. The van der Waals surface area contributed by atoms with Gasteiger partial charge in [-0.05, 0) is 32.3 Å². The van der Waals surface area contributed by atoms with Gasteiger partial charge in [0.05, 0.1) is 6.04 Å². The van der Waals surface area contributed by atoms with Crippen molar-refractivity contribution in [3.05, 3.63) is 35.4 Å². The summed E-state index contributed by atoms with van der Waals surface area (Å²) in [6.45, 7) is 4.72. The van der Waals surface area contributed by atoms with Crippen LogP contribution in [0.1, 0.15) is 30.9 Å². The molecule has 0 bridgehead atoms. The molecule has 0 saturated heterocycles. The minimum Gasteiger partial charge on any atom is -0.352 e. The minimum atomic E-state index is -0.128. The summed E-state index contributed by atoms with van der Waals surface area (Å²) in [7, 11) is 0. The Morgan fingerprint density at radius 2 is 2.00 bits per heavy atom. The summed E-state index contributed by atoms with van der Waals surface area (Å²) < 4.78 is 0. The predicted octanol–water partition coefficient (Wildman–Crippen LogP) is 1.75. The lowest BCUT2D eigenvalue weighted by Crippen LogP contribution is -2.42. The first-order chi connectivity index (χ1) is 8.15. The second kappa shape index (κ2) is 5.32. The van der Waals surface area contributed by atoms with E-state index in [0.717, 1.165) is 19.4 Å². The molecule has 0 heterocycles. The molecular weight excluding hydrogens is 212 g/mol. The first-order valence-electron chi connectivity index (χ1n) is 6.24. The molecule has 17 heavy (non-hydrogen) atoms. The van der Waals surface area contributed by atoms with E-state index in [-0.39, 0.29) is 11.9 Å². The normalized spacial score (nSPS) is 16.6. The Morgan fingerprint density at radius 1 is 1.35 bits per heavy atom. The van der Waals surface area contributed by atoms with Gasteiger partial charge in [0.1, 0.15) is 0 Å². The van der Waals surface area contributed by atoms with E-state index in [1.54, 1.807) is 0 Å². The Morgan fingerprint density at radius 3 is 2.59 bits per heavy atom. The number of nitrogens with one attached hydrogen (secondary N) is 2. The molecule has 1 atom stereocenters. The van der Waals surface area contributed by atoms with Crippen LogP contribution in [0.15, 0.2) is 24.3 Å². The molecule has 1 fully saturated rings.